The lowest BCUT2D eigenvalue weighted by atomic mass is 9.80. The summed E-state index contributed by atoms with van der Waals surface area (Å²) in [4.78, 5) is 0. The van der Waals surface area contributed by atoms with Gasteiger partial charge in [-0.05, 0) is 69.5 Å². The molecule has 2 heteroatoms. The van der Waals surface area contributed by atoms with Gasteiger partial charge in [0.1, 0.15) is 11.5 Å². The van der Waals surface area contributed by atoms with E-state index in [-0.39, 0.29) is 11.5 Å². The van der Waals surface area contributed by atoms with Gasteiger partial charge in [-0.15, -0.1) is 0 Å². The molecule has 0 radical (unpaired) electrons. The third-order valence-corrected chi connectivity index (χ3v) is 4.81. The number of hydrogen-bond donors (Lipinski definition) is 2. The molecule has 26 heavy (non-hydrogen) atoms. The molecule has 2 nitrogen and oxygen atoms in total. The lowest BCUT2D eigenvalue weighted by Gasteiger charge is -2.24. The lowest BCUT2D eigenvalue weighted by Crippen LogP contribution is -2.02. The first-order valence-corrected chi connectivity index (χ1v) is 9.14. The molecule has 0 saturated heterocycles. The highest BCUT2D eigenvalue weighted by Gasteiger charge is 2.20. The maximum absolute atomic E-state index is 9.70. The zero-order valence-corrected chi connectivity index (χ0v) is 15.8. The molecular formula is C24H26O2. The highest BCUT2D eigenvalue weighted by atomic mass is 16.3. The van der Waals surface area contributed by atoms with Gasteiger partial charge < -0.3 is 10.2 Å². The Morgan fingerprint density at radius 2 is 1.08 bits per heavy atom. The molecule has 134 valence electrons. The quantitative estimate of drug-likeness (QED) is 0.553. The van der Waals surface area contributed by atoms with Gasteiger partial charge in [-0.2, -0.15) is 0 Å². The maximum atomic E-state index is 9.70. The molecule has 3 aromatic carbocycles. The second-order valence-corrected chi connectivity index (χ2v) is 7.39. The smallest absolute Gasteiger partial charge is 0.115 e. The summed E-state index contributed by atoms with van der Waals surface area (Å²) in [6, 6.07) is 19.3. The Hall–Kier alpha value is -2.74. The predicted octanol–water partition coefficient (Wildman–Crippen LogP) is 6.68. The van der Waals surface area contributed by atoms with Crippen LogP contribution in [0.2, 0.25) is 0 Å². The molecule has 2 N–H and O–H groups in total. The van der Waals surface area contributed by atoms with E-state index in [0.29, 0.717) is 11.8 Å². The third kappa shape index (κ3) is 3.45. The van der Waals surface area contributed by atoms with E-state index in [4.69, 9.17) is 0 Å². The van der Waals surface area contributed by atoms with E-state index in [2.05, 4.69) is 39.8 Å². The molecule has 0 saturated carbocycles. The third-order valence-electron chi connectivity index (χ3n) is 4.81. The number of hydrogen-bond acceptors (Lipinski definition) is 2. The average Bonchev–Trinajstić information content (AvgIpc) is 2.61. The summed E-state index contributed by atoms with van der Waals surface area (Å²) in [5.41, 5.74) is 7.26. The number of phenols is 2. The summed E-state index contributed by atoms with van der Waals surface area (Å²) in [5, 5.41) is 19.3. The zero-order valence-electron chi connectivity index (χ0n) is 15.8. The number of rotatable bonds is 4. The molecule has 0 amide bonds. The number of aromatic hydroxyl groups is 2. The summed E-state index contributed by atoms with van der Waals surface area (Å²) in [7, 11) is 0. The van der Waals surface area contributed by atoms with E-state index in [1.54, 1.807) is 24.3 Å². The standard InChI is InChI=1S/C24H26O2/c1-15(2)21-13-14-22(17-5-9-19(25)10-6-17)23(16(3)4)24(21)18-7-11-20(26)12-8-18/h5-16,25-26H,1-4H3. The first kappa shape index (κ1) is 18.1. The summed E-state index contributed by atoms with van der Waals surface area (Å²) < 4.78 is 0. The Morgan fingerprint density at radius 1 is 0.577 bits per heavy atom. The van der Waals surface area contributed by atoms with Gasteiger partial charge in [-0.25, -0.2) is 0 Å². The monoisotopic (exact) mass is 346 g/mol. The Bertz CT molecular complexity index is 889. The van der Waals surface area contributed by atoms with Crippen molar-refractivity contribution in [1.29, 1.82) is 0 Å². The van der Waals surface area contributed by atoms with Gasteiger partial charge in [0.05, 0.1) is 0 Å². The molecular weight excluding hydrogens is 320 g/mol. The number of benzene rings is 3. The Labute approximate surface area is 155 Å². The highest BCUT2D eigenvalue weighted by Crippen LogP contribution is 2.42. The Balaban J connectivity index is 2.33. The van der Waals surface area contributed by atoms with Crippen LogP contribution in [0.1, 0.15) is 50.7 Å². The van der Waals surface area contributed by atoms with Gasteiger partial charge in [0.2, 0.25) is 0 Å². The summed E-state index contributed by atoms with van der Waals surface area (Å²) >= 11 is 0. The van der Waals surface area contributed by atoms with E-state index < -0.39 is 0 Å². The van der Waals surface area contributed by atoms with Crippen LogP contribution in [0, 0.1) is 0 Å². The van der Waals surface area contributed by atoms with Crippen molar-refractivity contribution in [1.82, 2.24) is 0 Å². The van der Waals surface area contributed by atoms with Gasteiger partial charge in [-0.3, -0.25) is 0 Å². The average molecular weight is 346 g/mol. The second kappa shape index (κ2) is 7.25. The molecule has 0 aromatic heterocycles. The van der Waals surface area contributed by atoms with Crippen molar-refractivity contribution in [2.45, 2.75) is 39.5 Å². The van der Waals surface area contributed by atoms with Crippen LogP contribution in [0.4, 0.5) is 0 Å². The van der Waals surface area contributed by atoms with Gasteiger partial charge in [-0.1, -0.05) is 64.1 Å². The van der Waals surface area contributed by atoms with E-state index in [0.717, 1.165) is 11.1 Å². The van der Waals surface area contributed by atoms with Crippen LogP contribution in [-0.4, -0.2) is 10.2 Å². The predicted molar refractivity (Wildman–Crippen MR) is 109 cm³/mol. The molecule has 0 atom stereocenters. The van der Waals surface area contributed by atoms with E-state index in [1.165, 1.54) is 22.3 Å². The topological polar surface area (TPSA) is 40.5 Å². The molecule has 0 spiro atoms. The van der Waals surface area contributed by atoms with Crippen molar-refractivity contribution in [2.24, 2.45) is 0 Å². The fourth-order valence-corrected chi connectivity index (χ4v) is 3.56. The van der Waals surface area contributed by atoms with E-state index in [1.807, 2.05) is 24.3 Å². The molecule has 0 aliphatic rings. The molecule has 0 bridgehead atoms. The van der Waals surface area contributed by atoms with Crippen LogP contribution in [0.3, 0.4) is 0 Å². The lowest BCUT2D eigenvalue weighted by molar-refractivity contribution is 0.475. The van der Waals surface area contributed by atoms with Gasteiger partial charge >= 0.3 is 0 Å². The molecule has 0 aliphatic heterocycles. The summed E-state index contributed by atoms with van der Waals surface area (Å²) in [5.74, 6) is 1.28. The van der Waals surface area contributed by atoms with Gasteiger partial charge in [0.15, 0.2) is 0 Å². The van der Waals surface area contributed by atoms with Crippen LogP contribution < -0.4 is 0 Å². The van der Waals surface area contributed by atoms with Gasteiger partial charge in [0, 0.05) is 0 Å². The van der Waals surface area contributed by atoms with Crippen LogP contribution in [0.25, 0.3) is 22.3 Å². The molecule has 0 fully saturated rings. The Kier molecular flexibility index (Phi) is 5.03. The van der Waals surface area contributed by atoms with Crippen LogP contribution in [-0.2, 0) is 0 Å². The largest absolute Gasteiger partial charge is 0.508 e. The zero-order chi connectivity index (χ0) is 18.8. The van der Waals surface area contributed by atoms with Crippen molar-refractivity contribution in [3.8, 4) is 33.8 Å². The minimum atomic E-state index is 0.275. The van der Waals surface area contributed by atoms with Crippen molar-refractivity contribution < 1.29 is 10.2 Å². The maximum Gasteiger partial charge on any atom is 0.115 e. The second-order valence-electron chi connectivity index (χ2n) is 7.39. The Morgan fingerprint density at radius 3 is 1.54 bits per heavy atom. The minimum Gasteiger partial charge on any atom is -0.508 e. The molecule has 0 heterocycles. The fourth-order valence-electron chi connectivity index (χ4n) is 3.56. The molecule has 3 aromatic rings. The first-order chi connectivity index (χ1) is 12.4. The fraction of sp³-hybridized carbons (Fsp3) is 0.250. The van der Waals surface area contributed by atoms with Crippen LogP contribution >= 0.6 is 0 Å². The van der Waals surface area contributed by atoms with Crippen LogP contribution in [0.5, 0.6) is 11.5 Å². The summed E-state index contributed by atoms with van der Waals surface area (Å²) in [6.07, 6.45) is 0. The van der Waals surface area contributed by atoms with E-state index in [9.17, 15) is 10.2 Å². The normalized spacial score (nSPS) is 11.3. The van der Waals surface area contributed by atoms with Crippen molar-refractivity contribution >= 4 is 0 Å². The van der Waals surface area contributed by atoms with Crippen molar-refractivity contribution in [3.63, 3.8) is 0 Å². The van der Waals surface area contributed by atoms with Crippen molar-refractivity contribution in [2.75, 3.05) is 0 Å². The molecule has 0 unspecified atom stereocenters. The summed E-state index contributed by atoms with van der Waals surface area (Å²) in [6.45, 7) is 8.85. The minimum absolute atomic E-state index is 0.275. The van der Waals surface area contributed by atoms with Crippen LogP contribution in [0.15, 0.2) is 60.7 Å². The first-order valence-electron chi connectivity index (χ1n) is 9.14. The highest BCUT2D eigenvalue weighted by molar-refractivity contribution is 5.82. The number of phenolic OH excluding ortho intramolecular Hbond substituents is 2. The van der Waals surface area contributed by atoms with Crippen molar-refractivity contribution in [3.05, 3.63) is 71.8 Å². The SMILES string of the molecule is CC(C)c1ccc(-c2ccc(O)cc2)c(C(C)C)c1-c1ccc(O)cc1. The molecule has 3 rings (SSSR count). The molecule has 0 aliphatic carbocycles. The van der Waals surface area contributed by atoms with Gasteiger partial charge in [0.25, 0.3) is 0 Å². The van der Waals surface area contributed by atoms with E-state index >= 15 is 0 Å².